The minimum Gasteiger partial charge on any atom is -0.493 e. The highest BCUT2D eigenvalue weighted by Gasteiger charge is 2.19. The van der Waals surface area contributed by atoms with Crippen LogP contribution >= 0.6 is 0 Å². The van der Waals surface area contributed by atoms with Crippen LogP contribution in [-0.4, -0.2) is 66.5 Å². The molecule has 0 spiro atoms. The van der Waals surface area contributed by atoms with E-state index in [-0.39, 0.29) is 18.4 Å². The number of ether oxygens (including phenoxy) is 3. The van der Waals surface area contributed by atoms with Crippen molar-refractivity contribution in [1.82, 2.24) is 20.0 Å². The van der Waals surface area contributed by atoms with Gasteiger partial charge in [-0.25, -0.2) is 0 Å². The highest BCUT2D eigenvalue weighted by molar-refractivity contribution is 5.94. The molecule has 1 saturated heterocycles. The van der Waals surface area contributed by atoms with E-state index in [1.54, 1.807) is 23.1 Å². The predicted octanol–water partition coefficient (Wildman–Crippen LogP) is 2.72. The minimum atomic E-state index is -0.237. The van der Waals surface area contributed by atoms with E-state index >= 15 is 0 Å². The van der Waals surface area contributed by atoms with Gasteiger partial charge in [0.25, 0.3) is 11.8 Å². The summed E-state index contributed by atoms with van der Waals surface area (Å²) in [6, 6.07) is 15.1. The van der Waals surface area contributed by atoms with Crippen molar-refractivity contribution in [3.05, 3.63) is 76.6 Å². The number of hydrogen-bond donors (Lipinski definition) is 1. The summed E-state index contributed by atoms with van der Waals surface area (Å²) in [5.41, 5.74) is 4.50. The Morgan fingerprint density at radius 3 is 2.53 bits per heavy atom. The summed E-state index contributed by atoms with van der Waals surface area (Å²) in [5.74, 6) is 0.449. The van der Waals surface area contributed by atoms with E-state index < -0.39 is 0 Å². The second-order valence-electron chi connectivity index (χ2n) is 8.62. The number of nitrogens with zero attached hydrogens (tertiary/aromatic N) is 3. The Morgan fingerprint density at radius 2 is 1.81 bits per heavy atom. The highest BCUT2D eigenvalue weighted by atomic mass is 16.5. The van der Waals surface area contributed by atoms with Crippen LogP contribution in [0.3, 0.4) is 0 Å². The number of aromatic nitrogens is 2. The quantitative estimate of drug-likeness (QED) is 0.494. The molecule has 3 aromatic rings. The normalized spacial score (nSPS) is 13.4. The topological polar surface area (TPSA) is 94.9 Å². The number of amides is 2. The van der Waals surface area contributed by atoms with Gasteiger partial charge in [0, 0.05) is 36.5 Å². The van der Waals surface area contributed by atoms with E-state index in [4.69, 9.17) is 14.2 Å². The summed E-state index contributed by atoms with van der Waals surface area (Å²) < 4.78 is 18.3. The van der Waals surface area contributed by atoms with Gasteiger partial charge in [-0.15, -0.1) is 0 Å². The maximum Gasteiger partial charge on any atom is 0.260 e. The molecule has 2 heterocycles. The third-order valence-corrected chi connectivity index (χ3v) is 6.27. The van der Waals surface area contributed by atoms with Gasteiger partial charge in [0.1, 0.15) is 0 Å². The molecule has 1 N–H and O–H groups in total. The summed E-state index contributed by atoms with van der Waals surface area (Å²) in [6.07, 6.45) is 0. The van der Waals surface area contributed by atoms with Crippen molar-refractivity contribution in [2.24, 2.45) is 0 Å². The molecular weight excluding hydrogens is 460 g/mol. The molecule has 0 radical (unpaired) electrons. The van der Waals surface area contributed by atoms with Gasteiger partial charge in [0.15, 0.2) is 18.1 Å². The van der Waals surface area contributed by atoms with Crippen LogP contribution in [0.25, 0.3) is 0 Å². The third-order valence-electron chi connectivity index (χ3n) is 6.27. The van der Waals surface area contributed by atoms with Crippen LogP contribution in [-0.2, 0) is 22.6 Å². The lowest BCUT2D eigenvalue weighted by atomic mass is 10.1. The number of aryl methyl sites for hydroxylation is 1. The second kappa shape index (κ2) is 11.7. The average Bonchev–Trinajstić information content (AvgIpc) is 3.18. The number of nitrogens with one attached hydrogen (secondary N) is 1. The van der Waals surface area contributed by atoms with E-state index in [2.05, 4.69) is 22.5 Å². The van der Waals surface area contributed by atoms with Gasteiger partial charge in [-0.2, -0.15) is 5.10 Å². The predicted molar refractivity (Wildman–Crippen MR) is 134 cm³/mol. The Bertz CT molecular complexity index is 1200. The maximum atomic E-state index is 12.9. The van der Waals surface area contributed by atoms with Crippen LogP contribution in [0.1, 0.15) is 32.9 Å². The molecule has 1 aliphatic heterocycles. The van der Waals surface area contributed by atoms with Crippen LogP contribution in [0.15, 0.2) is 48.5 Å². The lowest BCUT2D eigenvalue weighted by Gasteiger charge is -2.26. The molecule has 2 amide bonds. The molecule has 9 nitrogen and oxygen atoms in total. The van der Waals surface area contributed by atoms with Crippen LogP contribution in [0.2, 0.25) is 0 Å². The van der Waals surface area contributed by atoms with Crippen molar-refractivity contribution in [3.8, 4) is 11.5 Å². The zero-order valence-electron chi connectivity index (χ0n) is 21.0. The molecule has 1 fully saturated rings. The van der Waals surface area contributed by atoms with Crippen LogP contribution in [0, 0.1) is 13.8 Å². The van der Waals surface area contributed by atoms with Gasteiger partial charge in [-0.3, -0.25) is 14.3 Å². The SMILES string of the molecule is COc1cc(C(=O)NCc2c(C)nn(Cc3ccccc3)c2C)ccc1OCC(=O)N1CCOCC1. The standard InChI is InChI=1S/C27H32N4O5/c1-19-23(20(2)31(29-19)17-21-7-5-4-6-8-21)16-28-27(33)22-9-10-24(25(15-22)34-3)36-18-26(32)30-11-13-35-14-12-30/h4-10,15H,11-14,16-18H2,1-3H3,(H,28,33). The maximum absolute atomic E-state index is 12.9. The first-order valence-electron chi connectivity index (χ1n) is 12.0. The molecule has 2 aromatic carbocycles. The highest BCUT2D eigenvalue weighted by Crippen LogP contribution is 2.28. The molecule has 9 heteroatoms. The fraction of sp³-hybridized carbons (Fsp3) is 0.370. The van der Waals surface area contributed by atoms with E-state index in [0.29, 0.717) is 56.5 Å². The van der Waals surface area contributed by atoms with E-state index in [1.165, 1.54) is 12.7 Å². The summed E-state index contributed by atoms with van der Waals surface area (Å²) in [5, 5.41) is 7.63. The molecule has 36 heavy (non-hydrogen) atoms. The van der Waals surface area contributed by atoms with Crippen LogP contribution < -0.4 is 14.8 Å². The van der Waals surface area contributed by atoms with Crippen molar-refractivity contribution in [2.45, 2.75) is 26.9 Å². The Kier molecular flexibility index (Phi) is 8.22. The van der Waals surface area contributed by atoms with Crippen molar-refractivity contribution in [3.63, 3.8) is 0 Å². The fourth-order valence-corrected chi connectivity index (χ4v) is 4.14. The summed E-state index contributed by atoms with van der Waals surface area (Å²) >= 11 is 0. The van der Waals surface area contributed by atoms with Crippen molar-refractivity contribution < 1.29 is 23.8 Å². The van der Waals surface area contributed by atoms with E-state index in [0.717, 1.165) is 17.0 Å². The first kappa shape index (κ1) is 25.2. The van der Waals surface area contributed by atoms with Gasteiger partial charge in [0.2, 0.25) is 0 Å². The number of methoxy groups -OCH3 is 1. The minimum absolute atomic E-state index is 0.104. The van der Waals surface area contributed by atoms with Crippen LogP contribution in [0.5, 0.6) is 11.5 Å². The molecule has 1 aliphatic rings. The van der Waals surface area contributed by atoms with Crippen molar-refractivity contribution >= 4 is 11.8 Å². The number of hydrogen-bond acceptors (Lipinski definition) is 6. The second-order valence-corrected chi connectivity index (χ2v) is 8.62. The van der Waals surface area contributed by atoms with Gasteiger partial charge in [-0.05, 0) is 37.6 Å². The first-order valence-corrected chi connectivity index (χ1v) is 12.0. The van der Waals surface area contributed by atoms with E-state index in [9.17, 15) is 9.59 Å². The molecule has 190 valence electrons. The zero-order valence-corrected chi connectivity index (χ0v) is 21.0. The summed E-state index contributed by atoms with van der Waals surface area (Å²) in [4.78, 5) is 27.0. The molecule has 0 atom stereocenters. The number of carbonyl (C=O) groups excluding carboxylic acids is 2. The Labute approximate surface area is 210 Å². The Hall–Kier alpha value is -3.85. The van der Waals surface area contributed by atoms with Crippen molar-refractivity contribution in [1.29, 1.82) is 0 Å². The third kappa shape index (κ3) is 6.04. The fourth-order valence-electron chi connectivity index (χ4n) is 4.14. The van der Waals surface area contributed by atoms with E-state index in [1.807, 2.05) is 36.7 Å². The lowest BCUT2D eigenvalue weighted by molar-refractivity contribution is -0.137. The van der Waals surface area contributed by atoms with Crippen molar-refractivity contribution in [2.75, 3.05) is 40.0 Å². The van der Waals surface area contributed by atoms with Gasteiger partial charge in [-0.1, -0.05) is 30.3 Å². The first-order chi connectivity index (χ1) is 17.5. The Balaban J connectivity index is 1.36. The molecule has 0 bridgehead atoms. The molecule has 1 aromatic heterocycles. The molecule has 0 aliphatic carbocycles. The smallest absolute Gasteiger partial charge is 0.260 e. The van der Waals surface area contributed by atoms with Gasteiger partial charge >= 0.3 is 0 Å². The van der Waals surface area contributed by atoms with Crippen LogP contribution in [0.4, 0.5) is 0 Å². The van der Waals surface area contributed by atoms with Gasteiger partial charge < -0.3 is 24.4 Å². The number of morpholine rings is 1. The molecule has 0 unspecified atom stereocenters. The monoisotopic (exact) mass is 492 g/mol. The zero-order chi connectivity index (χ0) is 25.5. The number of benzene rings is 2. The molecule has 4 rings (SSSR count). The summed E-state index contributed by atoms with van der Waals surface area (Å²) in [7, 11) is 1.50. The molecular formula is C27H32N4O5. The Morgan fingerprint density at radius 1 is 1.06 bits per heavy atom. The largest absolute Gasteiger partial charge is 0.493 e. The number of rotatable bonds is 9. The summed E-state index contributed by atoms with van der Waals surface area (Å²) in [6.45, 7) is 7.07. The lowest BCUT2D eigenvalue weighted by Crippen LogP contribution is -2.43. The molecule has 0 saturated carbocycles. The average molecular weight is 493 g/mol. The number of carbonyl (C=O) groups is 2. The van der Waals surface area contributed by atoms with Gasteiger partial charge in [0.05, 0.1) is 32.6 Å².